The highest BCUT2D eigenvalue weighted by Crippen LogP contribution is 2.24. The van der Waals surface area contributed by atoms with Crippen molar-refractivity contribution in [2.75, 3.05) is 6.61 Å². The average Bonchev–Trinajstić information content (AvgIpc) is 2.91. The Kier molecular flexibility index (Phi) is 6.50. The maximum atomic E-state index is 5.68. The Morgan fingerprint density at radius 2 is 1.86 bits per heavy atom. The molecule has 0 spiro atoms. The summed E-state index contributed by atoms with van der Waals surface area (Å²) in [6.07, 6.45) is 9.62. The van der Waals surface area contributed by atoms with E-state index in [4.69, 9.17) is 4.74 Å². The molecule has 0 atom stereocenters. The van der Waals surface area contributed by atoms with Crippen molar-refractivity contribution in [2.45, 2.75) is 32.7 Å². The fourth-order valence-corrected chi connectivity index (χ4v) is 1.85. The Morgan fingerprint density at radius 3 is 2.43 bits per heavy atom. The highest BCUT2D eigenvalue weighted by Gasteiger charge is 2.12. The highest BCUT2D eigenvalue weighted by molar-refractivity contribution is 5.85. The molecule has 2 aromatic rings. The van der Waals surface area contributed by atoms with Gasteiger partial charge in [0.05, 0.1) is 6.33 Å². The van der Waals surface area contributed by atoms with Gasteiger partial charge in [0.1, 0.15) is 12.4 Å². The number of hydrogen-bond donors (Lipinski definition) is 0. The number of imidazole rings is 1. The number of nitrogens with zero attached hydrogens (tertiary/aromatic N) is 2. The highest BCUT2D eigenvalue weighted by atomic mass is 35.5. The molecule has 1 heterocycles. The summed E-state index contributed by atoms with van der Waals surface area (Å²) in [6.45, 7) is 8.04. The van der Waals surface area contributed by atoms with E-state index < -0.39 is 0 Å². The van der Waals surface area contributed by atoms with Crippen molar-refractivity contribution < 1.29 is 4.74 Å². The van der Waals surface area contributed by atoms with Crippen molar-refractivity contribution in [3.8, 4) is 5.75 Å². The van der Waals surface area contributed by atoms with Gasteiger partial charge >= 0.3 is 0 Å². The Balaban J connectivity index is 0.00000220. The van der Waals surface area contributed by atoms with E-state index in [-0.39, 0.29) is 17.8 Å². The minimum atomic E-state index is 0. The third-order valence-electron chi connectivity index (χ3n) is 3.11. The number of allylic oxidation sites excluding steroid dienone is 1. The van der Waals surface area contributed by atoms with Crippen molar-refractivity contribution in [3.63, 3.8) is 0 Å². The maximum absolute atomic E-state index is 5.68. The first-order valence-corrected chi connectivity index (χ1v) is 6.90. The van der Waals surface area contributed by atoms with E-state index in [2.05, 4.69) is 44.0 Å². The average molecular weight is 307 g/mol. The lowest BCUT2D eigenvalue weighted by molar-refractivity contribution is 0.362. The molecule has 1 aromatic heterocycles. The number of hydrogen-bond acceptors (Lipinski definition) is 2. The molecule has 0 fully saturated rings. The molecule has 0 radical (unpaired) electrons. The van der Waals surface area contributed by atoms with Crippen LogP contribution in [0.3, 0.4) is 0 Å². The number of rotatable bonds is 5. The molecule has 0 bridgehead atoms. The van der Waals surface area contributed by atoms with Crippen LogP contribution in [0.4, 0.5) is 0 Å². The molecule has 3 nitrogen and oxygen atoms in total. The first kappa shape index (κ1) is 17.3. The van der Waals surface area contributed by atoms with Crippen LogP contribution in [-0.2, 0) is 12.0 Å². The summed E-state index contributed by atoms with van der Waals surface area (Å²) in [5.41, 5.74) is 1.50. The van der Waals surface area contributed by atoms with Gasteiger partial charge in [0, 0.05) is 18.9 Å². The van der Waals surface area contributed by atoms with E-state index in [0.29, 0.717) is 6.61 Å². The van der Waals surface area contributed by atoms with E-state index >= 15 is 0 Å². The summed E-state index contributed by atoms with van der Waals surface area (Å²) in [5.74, 6) is 0.908. The lowest BCUT2D eigenvalue weighted by Gasteiger charge is -2.19. The molecule has 0 saturated heterocycles. The molecule has 1 aromatic carbocycles. The van der Waals surface area contributed by atoms with Crippen LogP contribution in [-0.4, -0.2) is 16.2 Å². The zero-order valence-corrected chi connectivity index (χ0v) is 13.6. The van der Waals surface area contributed by atoms with Crippen molar-refractivity contribution in [3.05, 3.63) is 60.7 Å². The zero-order valence-electron chi connectivity index (χ0n) is 12.8. The summed E-state index contributed by atoms with van der Waals surface area (Å²) in [4.78, 5) is 3.99. The first-order chi connectivity index (χ1) is 9.55. The van der Waals surface area contributed by atoms with Crippen LogP contribution in [0, 0.1) is 0 Å². The number of benzene rings is 1. The van der Waals surface area contributed by atoms with Crippen LogP contribution in [0.2, 0.25) is 0 Å². The third-order valence-corrected chi connectivity index (χ3v) is 3.11. The standard InChI is InChI=1S/C17H22N2O.ClH/c1-17(2,3)15-6-8-16(9-7-15)20-13-5-4-11-19-12-10-18-14-19;/h4-10,12,14H,11,13H2,1-3H3;1H. The number of aromatic nitrogens is 2. The SMILES string of the molecule is CC(C)(C)c1ccc(OCC=CCn2ccnc2)cc1.Cl. The topological polar surface area (TPSA) is 27.1 Å². The molecule has 0 aliphatic carbocycles. The molecule has 2 rings (SSSR count). The minimum absolute atomic E-state index is 0. The minimum Gasteiger partial charge on any atom is -0.490 e. The molecule has 0 saturated carbocycles. The molecule has 0 N–H and O–H groups in total. The van der Waals surface area contributed by atoms with Gasteiger partial charge in [0.2, 0.25) is 0 Å². The van der Waals surface area contributed by atoms with Gasteiger partial charge < -0.3 is 9.30 Å². The second kappa shape index (κ2) is 7.89. The van der Waals surface area contributed by atoms with E-state index in [1.165, 1.54) is 5.56 Å². The lowest BCUT2D eigenvalue weighted by atomic mass is 9.87. The first-order valence-electron chi connectivity index (χ1n) is 6.90. The van der Waals surface area contributed by atoms with Crippen molar-refractivity contribution in [1.29, 1.82) is 0 Å². The van der Waals surface area contributed by atoms with Crippen LogP contribution in [0.1, 0.15) is 26.3 Å². The van der Waals surface area contributed by atoms with Crippen LogP contribution in [0.5, 0.6) is 5.75 Å². The lowest BCUT2D eigenvalue weighted by Crippen LogP contribution is -2.10. The summed E-state index contributed by atoms with van der Waals surface area (Å²) in [5, 5.41) is 0. The van der Waals surface area contributed by atoms with E-state index in [1.807, 2.05) is 29.0 Å². The second-order valence-corrected chi connectivity index (χ2v) is 5.82. The van der Waals surface area contributed by atoms with Crippen molar-refractivity contribution in [2.24, 2.45) is 0 Å². The predicted octanol–water partition coefficient (Wildman–Crippen LogP) is 4.24. The van der Waals surface area contributed by atoms with Crippen LogP contribution < -0.4 is 4.74 Å². The maximum Gasteiger partial charge on any atom is 0.119 e. The van der Waals surface area contributed by atoms with Gasteiger partial charge in [0.25, 0.3) is 0 Å². The fraction of sp³-hybridized carbons (Fsp3) is 0.353. The van der Waals surface area contributed by atoms with E-state index in [1.54, 1.807) is 12.5 Å². The van der Waals surface area contributed by atoms with Crippen LogP contribution in [0.15, 0.2) is 55.1 Å². The summed E-state index contributed by atoms with van der Waals surface area (Å²) < 4.78 is 7.69. The molecule has 21 heavy (non-hydrogen) atoms. The largest absolute Gasteiger partial charge is 0.490 e. The van der Waals surface area contributed by atoms with Crippen molar-refractivity contribution >= 4 is 12.4 Å². The molecule has 0 aliphatic heterocycles. The Bertz CT molecular complexity index is 539. The second-order valence-electron chi connectivity index (χ2n) is 5.82. The van der Waals surface area contributed by atoms with Gasteiger partial charge in [-0.25, -0.2) is 4.98 Å². The Morgan fingerprint density at radius 1 is 1.14 bits per heavy atom. The Hall–Kier alpha value is -1.74. The van der Waals surface area contributed by atoms with Gasteiger partial charge in [-0.2, -0.15) is 0 Å². The van der Waals surface area contributed by atoms with Gasteiger partial charge in [0.15, 0.2) is 0 Å². The van der Waals surface area contributed by atoms with Gasteiger partial charge in [-0.3, -0.25) is 0 Å². The number of ether oxygens (including phenoxy) is 1. The van der Waals surface area contributed by atoms with Gasteiger partial charge in [-0.15, -0.1) is 12.4 Å². The fourth-order valence-electron chi connectivity index (χ4n) is 1.85. The van der Waals surface area contributed by atoms with E-state index in [9.17, 15) is 0 Å². The van der Waals surface area contributed by atoms with Crippen molar-refractivity contribution in [1.82, 2.24) is 9.55 Å². The monoisotopic (exact) mass is 306 g/mol. The summed E-state index contributed by atoms with van der Waals surface area (Å²) >= 11 is 0. The molecule has 0 aliphatic rings. The smallest absolute Gasteiger partial charge is 0.119 e. The Labute approximate surface area is 133 Å². The molecular formula is C17H23ClN2O. The van der Waals surface area contributed by atoms with Gasteiger partial charge in [-0.05, 0) is 29.2 Å². The van der Waals surface area contributed by atoms with Gasteiger partial charge in [-0.1, -0.05) is 39.0 Å². The van der Waals surface area contributed by atoms with Crippen LogP contribution in [0.25, 0.3) is 0 Å². The van der Waals surface area contributed by atoms with E-state index in [0.717, 1.165) is 12.3 Å². The molecule has 0 unspecified atom stereocenters. The predicted molar refractivity (Wildman–Crippen MR) is 89.3 cm³/mol. The summed E-state index contributed by atoms with van der Waals surface area (Å²) in [6, 6.07) is 8.32. The van der Waals surface area contributed by atoms with Crippen LogP contribution >= 0.6 is 12.4 Å². The normalized spacial score (nSPS) is 11.4. The molecule has 114 valence electrons. The number of halogens is 1. The molecule has 4 heteroatoms. The summed E-state index contributed by atoms with van der Waals surface area (Å²) in [7, 11) is 0. The third kappa shape index (κ3) is 5.64. The zero-order chi connectivity index (χ0) is 14.4. The molecular weight excluding hydrogens is 284 g/mol. The molecule has 0 amide bonds. The quantitative estimate of drug-likeness (QED) is 0.773.